The Hall–Kier alpha value is -0.970. The molecule has 1 unspecified atom stereocenters. The Labute approximate surface area is 122 Å². The molecular weight excluding hydrogens is 250 g/mol. The van der Waals surface area contributed by atoms with E-state index in [0.29, 0.717) is 6.54 Å². The van der Waals surface area contributed by atoms with Gasteiger partial charge in [-0.1, -0.05) is 13.0 Å². The van der Waals surface area contributed by atoms with E-state index in [0.717, 1.165) is 37.8 Å². The highest BCUT2D eigenvalue weighted by atomic mass is 16.3. The third kappa shape index (κ3) is 4.85. The van der Waals surface area contributed by atoms with Crippen molar-refractivity contribution >= 4 is 0 Å². The van der Waals surface area contributed by atoms with Gasteiger partial charge >= 0.3 is 0 Å². The molecule has 0 aliphatic carbocycles. The summed E-state index contributed by atoms with van der Waals surface area (Å²) < 4.78 is 0. The average molecular weight is 277 g/mol. The minimum atomic E-state index is -0.291. The van der Waals surface area contributed by atoms with E-state index in [-0.39, 0.29) is 6.10 Å². The standard InChI is InChI=1S/C16H27N3O/c1-13-5-8-19(9-6-13)12-16(20)11-17-10-15-4-3-7-18-14(15)2/h3-4,7,13,16-17,20H,5-6,8-12H2,1-2H3. The number of aliphatic hydroxyl groups is 1. The molecule has 112 valence electrons. The number of hydrogen-bond donors (Lipinski definition) is 2. The molecule has 20 heavy (non-hydrogen) atoms. The van der Waals surface area contributed by atoms with E-state index < -0.39 is 0 Å². The minimum Gasteiger partial charge on any atom is -0.390 e. The summed E-state index contributed by atoms with van der Waals surface area (Å²) >= 11 is 0. The quantitative estimate of drug-likeness (QED) is 0.829. The van der Waals surface area contributed by atoms with E-state index >= 15 is 0 Å². The Morgan fingerprint density at radius 3 is 2.90 bits per heavy atom. The van der Waals surface area contributed by atoms with Crippen LogP contribution in [-0.2, 0) is 6.54 Å². The predicted octanol–water partition coefficient (Wildman–Crippen LogP) is 1.57. The lowest BCUT2D eigenvalue weighted by Crippen LogP contribution is -2.41. The maximum absolute atomic E-state index is 10.1. The van der Waals surface area contributed by atoms with E-state index in [1.165, 1.54) is 18.4 Å². The van der Waals surface area contributed by atoms with Gasteiger partial charge in [-0.15, -0.1) is 0 Å². The molecule has 0 aromatic carbocycles. The Bertz CT molecular complexity index is 402. The molecule has 4 nitrogen and oxygen atoms in total. The summed E-state index contributed by atoms with van der Waals surface area (Å²) in [6.07, 6.45) is 4.04. The first-order chi connectivity index (χ1) is 9.65. The van der Waals surface area contributed by atoms with Gasteiger partial charge < -0.3 is 15.3 Å². The van der Waals surface area contributed by atoms with Gasteiger partial charge in [-0.25, -0.2) is 0 Å². The third-order valence-electron chi connectivity index (χ3n) is 4.16. The highest BCUT2D eigenvalue weighted by Gasteiger charge is 2.17. The van der Waals surface area contributed by atoms with Gasteiger partial charge in [0.15, 0.2) is 0 Å². The molecule has 0 bridgehead atoms. The first kappa shape index (κ1) is 15.4. The molecular formula is C16H27N3O. The normalized spacial score (nSPS) is 19.1. The van der Waals surface area contributed by atoms with Gasteiger partial charge in [-0.2, -0.15) is 0 Å². The number of hydrogen-bond acceptors (Lipinski definition) is 4. The number of β-amino-alcohol motifs (C(OH)–C–C–N with tert-alkyl or cyclic N) is 1. The zero-order valence-electron chi connectivity index (χ0n) is 12.7. The molecule has 0 saturated carbocycles. The highest BCUT2D eigenvalue weighted by molar-refractivity contribution is 5.17. The molecule has 1 fully saturated rings. The Balaban J connectivity index is 1.65. The number of likely N-dealkylation sites (tertiary alicyclic amines) is 1. The maximum atomic E-state index is 10.1. The van der Waals surface area contributed by atoms with Gasteiger partial charge in [-0.3, -0.25) is 4.98 Å². The SMILES string of the molecule is Cc1ncccc1CNCC(O)CN1CCC(C)CC1. The van der Waals surface area contributed by atoms with E-state index in [1.807, 2.05) is 19.2 Å². The van der Waals surface area contributed by atoms with Gasteiger partial charge in [0.05, 0.1) is 6.10 Å². The number of nitrogens with zero attached hydrogens (tertiary/aromatic N) is 2. The van der Waals surface area contributed by atoms with E-state index in [9.17, 15) is 5.11 Å². The third-order valence-corrected chi connectivity index (χ3v) is 4.16. The number of rotatable bonds is 6. The largest absolute Gasteiger partial charge is 0.390 e. The summed E-state index contributed by atoms with van der Waals surface area (Å²) in [5, 5.41) is 13.4. The molecule has 2 rings (SSSR count). The van der Waals surface area contributed by atoms with Crippen LogP contribution in [0.3, 0.4) is 0 Å². The second-order valence-corrected chi connectivity index (χ2v) is 6.02. The number of pyridine rings is 1. The summed E-state index contributed by atoms with van der Waals surface area (Å²) in [5.74, 6) is 0.843. The molecule has 2 N–H and O–H groups in total. The van der Waals surface area contributed by atoms with Crippen molar-refractivity contribution < 1.29 is 5.11 Å². The Morgan fingerprint density at radius 1 is 1.45 bits per heavy atom. The van der Waals surface area contributed by atoms with Crippen LogP contribution in [0, 0.1) is 12.8 Å². The van der Waals surface area contributed by atoms with E-state index in [4.69, 9.17) is 0 Å². The zero-order chi connectivity index (χ0) is 14.4. The summed E-state index contributed by atoms with van der Waals surface area (Å²) in [5.41, 5.74) is 2.26. The van der Waals surface area contributed by atoms with Crippen molar-refractivity contribution in [3.05, 3.63) is 29.6 Å². The Morgan fingerprint density at radius 2 is 2.20 bits per heavy atom. The van der Waals surface area contributed by atoms with Crippen LogP contribution in [0.5, 0.6) is 0 Å². The summed E-state index contributed by atoms with van der Waals surface area (Å²) in [4.78, 5) is 6.64. The first-order valence-corrected chi connectivity index (χ1v) is 7.67. The molecule has 1 atom stereocenters. The second-order valence-electron chi connectivity index (χ2n) is 6.02. The van der Waals surface area contributed by atoms with Crippen molar-refractivity contribution in [2.45, 2.75) is 39.3 Å². The van der Waals surface area contributed by atoms with Crippen LogP contribution >= 0.6 is 0 Å². The highest BCUT2D eigenvalue weighted by Crippen LogP contribution is 2.15. The molecule has 1 aromatic rings. The van der Waals surface area contributed by atoms with E-state index in [1.54, 1.807) is 0 Å². The van der Waals surface area contributed by atoms with Crippen LogP contribution in [-0.4, -0.2) is 47.3 Å². The van der Waals surface area contributed by atoms with Gasteiger partial charge in [0, 0.05) is 31.5 Å². The number of aromatic nitrogens is 1. The number of nitrogens with one attached hydrogen (secondary N) is 1. The molecule has 0 spiro atoms. The van der Waals surface area contributed by atoms with Gasteiger partial charge in [0.25, 0.3) is 0 Å². The minimum absolute atomic E-state index is 0.291. The maximum Gasteiger partial charge on any atom is 0.0791 e. The van der Waals surface area contributed by atoms with Gasteiger partial charge in [0.1, 0.15) is 0 Å². The topological polar surface area (TPSA) is 48.4 Å². The molecule has 1 aromatic heterocycles. The van der Waals surface area contributed by atoms with Crippen LogP contribution in [0.2, 0.25) is 0 Å². The molecule has 4 heteroatoms. The lowest BCUT2D eigenvalue weighted by molar-refractivity contribution is 0.0906. The summed E-state index contributed by atoms with van der Waals surface area (Å²) in [6.45, 7) is 8.77. The molecule has 0 radical (unpaired) electrons. The molecule has 2 heterocycles. The van der Waals surface area contributed by atoms with Gasteiger partial charge in [-0.05, 0) is 50.4 Å². The average Bonchev–Trinajstić information content (AvgIpc) is 2.43. The summed E-state index contributed by atoms with van der Waals surface area (Å²) in [7, 11) is 0. The van der Waals surface area contributed by atoms with Crippen molar-refractivity contribution in [1.29, 1.82) is 0 Å². The van der Waals surface area contributed by atoms with Crippen molar-refractivity contribution in [1.82, 2.24) is 15.2 Å². The lowest BCUT2D eigenvalue weighted by Gasteiger charge is -2.31. The number of piperidine rings is 1. The van der Waals surface area contributed by atoms with Crippen LogP contribution < -0.4 is 5.32 Å². The van der Waals surface area contributed by atoms with Crippen molar-refractivity contribution in [3.8, 4) is 0 Å². The lowest BCUT2D eigenvalue weighted by atomic mass is 9.99. The zero-order valence-corrected chi connectivity index (χ0v) is 12.7. The van der Waals surface area contributed by atoms with E-state index in [2.05, 4.69) is 28.2 Å². The molecule has 0 amide bonds. The smallest absolute Gasteiger partial charge is 0.0791 e. The monoisotopic (exact) mass is 277 g/mol. The first-order valence-electron chi connectivity index (χ1n) is 7.67. The summed E-state index contributed by atoms with van der Waals surface area (Å²) in [6, 6.07) is 4.03. The van der Waals surface area contributed by atoms with Crippen molar-refractivity contribution in [2.24, 2.45) is 5.92 Å². The van der Waals surface area contributed by atoms with Crippen molar-refractivity contribution in [3.63, 3.8) is 0 Å². The van der Waals surface area contributed by atoms with Crippen molar-refractivity contribution in [2.75, 3.05) is 26.2 Å². The Kier molecular flexibility index (Phi) is 5.95. The van der Waals surface area contributed by atoms with Crippen LogP contribution in [0.25, 0.3) is 0 Å². The predicted molar refractivity (Wildman–Crippen MR) is 81.5 cm³/mol. The fourth-order valence-electron chi connectivity index (χ4n) is 2.69. The fraction of sp³-hybridized carbons (Fsp3) is 0.688. The number of aryl methyl sites for hydroxylation is 1. The van der Waals surface area contributed by atoms with Gasteiger partial charge in [0.2, 0.25) is 0 Å². The molecule has 1 aliphatic heterocycles. The number of aliphatic hydroxyl groups excluding tert-OH is 1. The second kappa shape index (κ2) is 7.72. The van der Waals surface area contributed by atoms with Crippen LogP contribution in [0.4, 0.5) is 0 Å². The van der Waals surface area contributed by atoms with Crippen LogP contribution in [0.15, 0.2) is 18.3 Å². The molecule has 1 aliphatic rings. The fourth-order valence-corrected chi connectivity index (χ4v) is 2.69. The molecule has 1 saturated heterocycles. The van der Waals surface area contributed by atoms with Crippen LogP contribution in [0.1, 0.15) is 31.0 Å².